The zero-order chi connectivity index (χ0) is 35.7. The topological polar surface area (TPSA) is 65.2 Å². The zero-order valence-corrected chi connectivity index (χ0v) is 31.2. The van der Waals surface area contributed by atoms with Crippen molar-refractivity contribution in [1.82, 2.24) is 0 Å². The van der Waals surface area contributed by atoms with E-state index in [9.17, 15) is 10.2 Å². The van der Waals surface area contributed by atoms with Crippen LogP contribution in [0.5, 0.6) is 11.5 Å². The molecule has 2 atom stereocenters. The molecule has 4 rings (SSSR count). The van der Waals surface area contributed by atoms with Crippen LogP contribution in [0.2, 0.25) is 0 Å². The summed E-state index contributed by atoms with van der Waals surface area (Å²) < 4.78 is 0. The smallest absolute Gasteiger partial charge is 0.128 e. The molecule has 0 fully saturated rings. The summed E-state index contributed by atoms with van der Waals surface area (Å²) in [5, 5.41) is 23.1. The van der Waals surface area contributed by atoms with Crippen molar-refractivity contribution in [3.8, 4) is 11.5 Å². The van der Waals surface area contributed by atoms with Gasteiger partial charge in [-0.25, -0.2) is 0 Å². The lowest BCUT2D eigenvalue weighted by Crippen LogP contribution is -2.18. The summed E-state index contributed by atoms with van der Waals surface area (Å²) >= 11 is 0. The number of hydrogen-bond acceptors (Lipinski definition) is 4. The molecule has 4 aromatic carbocycles. The molecule has 0 radical (unpaired) electrons. The summed E-state index contributed by atoms with van der Waals surface area (Å²) in [6.07, 6.45) is 3.64. The summed E-state index contributed by atoms with van der Waals surface area (Å²) in [5.41, 5.74) is 6.75. The minimum Gasteiger partial charge on any atom is -0.507 e. The molecule has 4 heteroatoms. The van der Waals surface area contributed by atoms with Crippen molar-refractivity contribution in [3.05, 3.63) is 129 Å². The maximum absolute atomic E-state index is 11.6. The van der Waals surface area contributed by atoms with Crippen LogP contribution in [0.4, 0.5) is 0 Å². The van der Waals surface area contributed by atoms with Crippen molar-refractivity contribution in [1.29, 1.82) is 0 Å². The molecule has 0 heterocycles. The van der Waals surface area contributed by atoms with Gasteiger partial charge in [0.25, 0.3) is 0 Å². The molecular weight excluding hydrogens is 588 g/mol. The third-order valence-corrected chi connectivity index (χ3v) is 8.96. The molecule has 0 aliphatic carbocycles. The Labute approximate surface area is 289 Å². The average Bonchev–Trinajstić information content (AvgIpc) is 2.98. The quantitative estimate of drug-likeness (QED) is 0.197. The standard InChI is InChI=1S/C44H56N2O2/c1-41(2,3)33-23-31(39(47)35(25-33)43(7,8)9)27-45-37(29-19-15-13-16-20-29)38(30-21-17-14-18-22-30)46-28-32-24-34(42(4,5)6)26-36(40(32)48)44(10,11)12/h13-28,37-38,47-48H,1-12H3/t37-,38+. The third kappa shape index (κ3) is 8.64. The van der Waals surface area contributed by atoms with Gasteiger partial charge in [0.05, 0.1) is 0 Å². The van der Waals surface area contributed by atoms with Gasteiger partial charge >= 0.3 is 0 Å². The average molecular weight is 645 g/mol. The van der Waals surface area contributed by atoms with E-state index in [0.29, 0.717) is 11.1 Å². The van der Waals surface area contributed by atoms with Gasteiger partial charge in [0.2, 0.25) is 0 Å². The summed E-state index contributed by atoms with van der Waals surface area (Å²) in [7, 11) is 0. The first-order valence-electron chi connectivity index (χ1n) is 17.1. The van der Waals surface area contributed by atoms with Crippen molar-refractivity contribution in [2.75, 3.05) is 0 Å². The molecule has 0 bridgehead atoms. The number of aliphatic imine (C=N–C) groups is 2. The molecule has 0 saturated heterocycles. The molecule has 0 unspecified atom stereocenters. The molecule has 0 aliphatic rings. The predicted octanol–water partition coefficient (Wildman–Crippen LogP) is 11.3. The summed E-state index contributed by atoms with van der Waals surface area (Å²) in [5.74, 6) is 0.508. The first-order valence-corrected chi connectivity index (χ1v) is 17.1. The Bertz CT molecular complexity index is 1630. The molecule has 0 spiro atoms. The molecule has 0 saturated carbocycles. The van der Waals surface area contributed by atoms with Crippen molar-refractivity contribution in [3.63, 3.8) is 0 Å². The highest BCUT2D eigenvalue weighted by atomic mass is 16.3. The van der Waals surface area contributed by atoms with Crippen LogP contribution in [0.3, 0.4) is 0 Å². The van der Waals surface area contributed by atoms with Gasteiger partial charge < -0.3 is 10.2 Å². The highest BCUT2D eigenvalue weighted by Crippen LogP contribution is 2.41. The van der Waals surface area contributed by atoms with Crippen molar-refractivity contribution in [2.24, 2.45) is 9.98 Å². The number of nitrogens with zero attached hydrogens (tertiary/aromatic N) is 2. The molecule has 4 nitrogen and oxygen atoms in total. The fraction of sp³-hybridized carbons (Fsp3) is 0.409. The van der Waals surface area contributed by atoms with E-state index in [1.54, 1.807) is 0 Å². The van der Waals surface area contributed by atoms with E-state index in [4.69, 9.17) is 9.98 Å². The maximum Gasteiger partial charge on any atom is 0.128 e. The van der Waals surface area contributed by atoms with E-state index in [0.717, 1.165) is 33.4 Å². The van der Waals surface area contributed by atoms with Gasteiger partial charge in [-0.05, 0) is 56.0 Å². The van der Waals surface area contributed by atoms with Gasteiger partial charge in [-0.1, -0.05) is 156 Å². The van der Waals surface area contributed by atoms with Crippen LogP contribution in [0.25, 0.3) is 0 Å². The molecule has 0 amide bonds. The molecule has 48 heavy (non-hydrogen) atoms. The van der Waals surface area contributed by atoms with Crippen LogP contribution >= 0.6 is 0 Å². The minimum absolute atomic E-state index is 0.110. The number of hydrogen-bond donors (Lipinski definition) is 2. The first kappa shape index (κ1) is 36.7. The Morgan fingerprint density at radius 2 is 0.771 bits per heavy atom. The Hall–Kier alpha value is -4.18. The highest BCUT2D eigenvalue weighted by molar-refractivity contribution is 5.86. The van der Waals surface area contributed by atoms with Crippen molar-refractivity contribution < 1.29 is 10.2 Å². The minimum atomic E-state index is -0.407. The summed E-state index contributed by atoms with van der Waals surface area (Å²) in [6, 6.07) is 28.0. The van der Waals surface area contributed by atoms with Crippen LogP contribution in [-0.4, -0.2) is 22.6 Å². The van der Waals surface area contributed by atoms with E-state index in [1.165, 1.54) is 0 Å². The molecule has 254 valence electrons. The van der Waals surface area contributed by atoms with Crippen LogP contribution in [-0.2, 0) is 21.7 Å². The number of phenolic OH excluding ortho intramolecular Hbond substituents is 2. The normalized spacial score (nSPS) is 14.5. The second-order valence-electron chi connectivity index (χ2n) is 17.2. The Balaban J connectivity index is 1.94. The van der Waals surface area contributed by atoms with Crippen LogP contribution in [0, 0.1) is 0 Å². The lowest BCUT2D eigenvalue weighted by Gasteiger charge is -2.27. The lowest BCUT2D eigenvalue weighted by molar-refractivity contribution is 0.442. The van der Waals surface area contributed by atoms with Gasteiger partial charge in [-0.15, -0.1) is 0 Å². The lowest BCUT2D eigenvalue weighted by atomic mass is 9.79. The van der Waals surface area contributed by atoms with Gasteiger partial charge in [0, 0.05) is 34.7 Å². The van der Waals surface area contributed by atoms with Crippen LogP contribution < -0.4 is 0 Å². The van der Waals surface area contributed by atoms with E-state index in [-0.39, 0.29) is 33.2 Å². The van der Waals surface area contributed by atoms with E-state index in [1.807, 2.05) is 48.8 Å². The van der Waals surface area contributed by atoms with E-state index < -0.39 is 12.1 Å². The molecule has 4 aromatic rings. The maximum atomic E-state index is 11.6. The second-order valence-corrected chi connectivity index (χ2v) is 17.2. The number of rotatable bonds is 7. The van der Waals surface area contributed by atoms with Crippen LogP contribution in [0.15, 0.2) is 94.9 Å². The third-order valence-electron chi connectivity index (χ3n) is 8.96. The Kier molecular flexibility index (Phi) is 10.5. The number of aromatic hydroxyl groups is 2. The molecule has 0 aromatic heterocycles. The van der Waals surface area contributed by atoms with E-state index >= 15 is 0 Å². The summed E-state index contributed by atoms with van der Waals surface area (Å²) in [4.78, 5) is 10.5. The number of phenols is 2. The SMILES string of the molecule is CC(C)(C)c1cc(C=N[C@H](c2ccccc2)[C@@H](N=Cc2cc(C(C)(C)C)cc(C(C)(C)C)c2O)c2ccccc2)c(O)c(C(C)(C)C)c1. The predicted molar refractivity (Wildman–Crippen MR) is 205 cm³/mol. The Morgan fingerprint density at radius 1 is 0.458 bits per heavy atom. The molecule has 2 N–H and O–H groups in total. The fourth-order valence-corrected chi connectivity index (χ4v) is 5.84. The fourth-order valence-electron chi connectivity index (χ4n) is 5.84. The largest absolute Gasteiger partial charge is 0.507 e. The van der Waals surface area contributed by atoms with Crippen molar-refractivity contribution in [2.45, 2.75) is 117 Å². The van der Waals surface area contributed by atoms with Crippen LogP contribution in [0.1, 0.15) is 140 Å². The number of benzene rings is 4. The molecule has 0 aliphatic heterocycles. The molecular formula is C44H56N2O2. The van der Waals surface area contributed by atoms with Gasteiger partial charge in [0.1, 0.15) is 23.6 Å². The zero-order valence-electron chi connectivity index (χ0n) is 31.2. The second kappa shape index (κ2) is 13.7. The van der Waals surface area contributed by atoms with Crippen molar-refractivity contribution >= 4 is 12.4 Å². The van der Waals surface area contributed by atoms with Gasteiger partial charge in [0.15, 0.2) is 0 Å². The van der Waals surface area contributed by atoms with Gasteiger partial charge in [-0.2, -0.15) is 0 Å². The Morgan fingerprint density at radius 3 is 1.04 bits per heavy atom. The highest BCUT2D eigenvalue weighted by Gasteiger charge is 2.28. The first-order chi connectivity index (χ1) is 22.2. The monoisotopic (exact) mass is 644 g/mol. The summed E-state index contributed by atoms with van der Waals surface area (Å²) in [6.45, 7) is 25.9. The van der Waals surface area contributed by atoms with E-state index in [2.05, 4.69) is 132 Å². The van der Waals surface area contributed by atoms with Gasteiger partial charge in [-0.3, -0.25) is 9.98 Å².